The zero-order valence-corrected chi connectivity index (χ0v) is 17.5. The van der Waals surface area contributed by atoms with E-state index in [1.807, 2.05) is 31.2 Å². The number of carbonyl (C=O) groups excluding carboxylic acids is 2. The Morgan fingerprint density at radius 2 is 1.72 bits per heavy atom. The zero-order valence-electron chi connectivity index (χ0n) is 16.7. The molecule has 0 N–H and O–H groups in total. The first-order valence-electron chi connectivity index (χ1n) is 9.61. The lowest BCUT2D eigenvalue weighted by molar-refractivity contribution is -0.142. The van der Waals surface area contributed by atoms with Crippen LogP contribution in [-0.4, -0.2) is 30.9 Å². The Morgan fingerprint density at radius 1 is 1.07 bits per heavy atom. The van der Waals surface area contributed by atoms with Gasteiger partial charge in [0.15, 0.2) is 9.84 Å². The molecule has 0 spiro atoms. The molecule has 2 aromatic rings. The van der Waals surface area contributed by atoms with Crippen molar-refractivity contribution in [2.24, 2.45) is 5.41 Å². The van der Waals surface area contributed by atoms with Crippen LogP contribution in [0.3, 0.4) is 0 Å². The van der Waals surface area contributed by atoms with Crippen LogP contribution in [0.2, 0.25) is 0 Å². The standard InChI is InChI=1S/C23H23NO4S/c1-15-8-11-18(12-9-15)29(27,28)14-23(3)20-13-10-17-6-4-5-7-19(17)21(20)24(16(2)25)22(23)26/h4-9,11-12H,10,13-14H2,1-3H3. The van der Waals surface area contributed by atoms with E-state index in [-0.39, 0.29) is 10.6 Å². The number of amides is 2. The van der Waals surface area contributed by atoms with Gasteiger partial charge in [0.2, 0.25) is 11.8 Å². The average molecular weight is 410 g/mol. The second kappa shape index (κ2) is 6.66. The zero-order chi connectivity index (χ0) is 21.0. The highest BCUT2D eigenvalue weighted by Gasteiger charge is 2.54. The first-order valence-corrected chi connectivity index (χ1v) is 11.3. The molecule has 2 aliphatic rings. The van der Waals surface area contributed by atoms with Crippen LogP contribution < -0.4 is 0 Å². The van der Waals surface area contributed by atoms with Gasteiger partial charge in [-0.15, -0.1) is 0 Å². The Balaban J connectivity index is 1.85. The molecule has 0 radical (unpaired) electrons. The van der Waals surface area contributed by atoms with Crippen LogP contribution in [0.15, 0.2) is 59.0 Å². The molecule has 4 rings (SSSR count). The molecule has 1 aliphatic carbocycles. The van der Waals surface area contributed by atoms with Gasteiger partial charge < -0.3 is 0 Å². The normalized spacial score (nSPS) is 21.2. The van der Waals surface area contributed by atoms with E-state index in [1.54, 1.807) is 31.2 Å². The maximum Gasteiger partial charge on any atom is 0.244 e. The third-order valence-corrected chi connectivity index (χ3v) is 7.89. The summed E-state index contributed by atoms with van der Waals surface area (Å²) in [4.78, 5) is 27.2. The van der Waals surface area contributed by atoms with E-state index in [4.69, 9.17) is 0 Å². The van der Waals surface area contributed by atoms with Gasteiger partial charge in [-0.3, -0.25) is 9.59 Å². The fraction of sp³-hybridized carbons (Fsp3) is 0.304. The second-order valence-corrected chi connectivity index (χ2v) is 10.0. The van der Waals surface area contributed by atoms with Crippen molar-refractivity contribution in [3.8, 4) is 0 Å². The molecule has 2 aromatic carbocycles. The Kier molecular flexibility index (Phi) is 4.50. The number of carbonyl (C=O) groups is 2. The lowest BCUT2D eigenvalue weighted by Gasteiger charge is -2.27. The number of fused-ring (bicyclic) bond motifs is 2. The third-order valence-electron chi connectivity index (χ3n) is 5.94. The van der Waals surface area contributed by atoms with Gasteiger partial charge in [0.05, 0.1) is 21.8 Å². The van der Waals surface area contributed by atoms with Gasteiger partial charge in [0, 0.05) is 12.5 Å². The van der Waals surface area contributed by atoms with Crippen LogP contribution in [0.4, 0.5) is 0 Å². The lowest BCUT2D eigenvalue weighted by Crippen LogP contribution is -2.41. The summed E-state index contributed by atoms with van der Waals surface area (Å²) in [6.45, 7) is 4.90. The topological polar surface area (TPSA) is 71.5 Å². The summed E-state index contributed by atoms with van der Waals surface area (Å²) < 4.78 is 26.3. The van der Waals surface area contributed by atoms with Gasteiger partial charge in [-0.1, -0.05) is 42.0 Å². The molecule has 0 aromatic heterocycles. The fourth-order valence-corrected chi connectivity index (χ4v) is 6.21. The van der Waals surface area contributed by atoms with Crippen molar-refractivity contribution in [2.45, 2.75) is 38.5 Å². The van der Waals surface area contributed by atoms with E-state index >= 15 is 0 Å². The molecule has 1 heterocycles. The predicted molar refractivity (Wildman–Crippen MR) is 111 cm³/mol. The average Bonchev–Trinajstić information content (AvgIpc) is 2.89. The minimum Gasteiger partial charge on any atom is -0.274 e. The number of nitrogens with zero attached hydrogens (tertiary/aromatic N) is 1. The summed E-state index contributed by atoms with van der Waals surface area (Å²) in [5.41, 5.74) is 2.92. The number of sulfone groups is 1. The third kappa shape index (κ3) is 3.02. The number of benzene rings is 2. The number of aryl methyl sites for hydroxylation is 2. The molecule has 1 atom stereocenters. The molecule has 0 saturated carbocycles. The van der Waals surface area contributed by atoms with E-state index in [2.05, 4.69) is 0 Å². The second-order valence-electron chi connectivity index (χ2n) is 8.05. The van der Waals surface area contributed by atoms with Crippen molar-refractivity contribution in [2.75, 3.05) is 5.75 Å². The van der Waals surface area contributed by atoms with Crippen molar-refractivity contribution in [1.82, 2.24) is 4.90 Å². The Morgan fingerprint density at radius 3 is 2.38 bits per heavy atom. The fourth-order valence-electron chi connectivity index (χ4n) is 4.44. The minimum absolute atomic E-state index is 0.191. The molecule has 2 amide bonds. The molecule has 1 unspecified atom stereocenters. The highest BCUT2D eigenvalue weighted by atomic mass is 32.2. The van der Waals surface area contributed by atoms with Crippen molar-refractivity contribution in [3.63, 3.8) is 0 Å². The summed E-state index contributed by atoms with van der Waals surface area (Å²) in [5.74, 6) is -1.20. The monoisotopic (exact) mass is 409 g/mol. The van der Waals surface area contributed by atoms with Crippen molar-refractivity contribution in [3.05, 3.63) is 70.8 Å². The molecule has 6 heteroatoms. The molecule has 0 saturated heterocycles. The van der Waals surface area contributed by atoms with E-state index in [1.165, 1.54) is 11.8 Å². The highest BCUT2D eigenvalue weighted by molar-refractivity contribution is 7.91. The van der Waals surface area contributed by atoms with E-state index < -0.39 is 27.1 Å². The summed E-state index contributed by atoms with van der Waals surface area (Å²) in [7, 11) is -3.72. The van der Waals surface area contributed by atoms with Crippen LogP contribution in [0.5, 0.6) is 0 Å². The number of hydrogen-bond acceptors (Lipinski definition) is 4. The molecule has 0 bridgehead atoms. The van der Waals surface area contributed by atoms with Crippen molar-refractivity contribution in [1.29, 1.82) is 0 Å². The van der Waals surface area contributed by atoms with Crippen LogP contribution in [0.25, 0.3) is 5.70 Å². The Labute approximate surface area is 171 Å². The van der Waals surface area contributed by atoms with E-state index in [0.717, 1.165) is 22.3 Å². The number of hydrogen-bond donors (Lipinski definition) is 0. The quantitative estimate of drug-likeness (QED) is 0.778. The van der Waals surface area contributed by atoms with Crippen LogP contribution >= 0.6 is 0 Å². The van der Waals surface area contributed by atoms with Crippen LogP contribution in [-0.2, 0) is 25.8 Å². The van der Waals surface area contributed by atoms with E-state index in [0.29, 0.717) is 18.5 Å². The molecular weight excluding hydrogens is 386 g/mol. The van der Waals surface area contributed by atoms with Gasteiger partial charge in [-0.25, -0.2) is 13.3 Å². The van der Waals surface area contributed by atoms with E-state index in [9.17, 15) is 18.0 Å². The summed E-state index contributed by atoms with van der Waals surface area (Å²) >= 11 is 0. The van der Waals surface area contributed by atoms with Gasteiger partial charge in [-0.2, -0.15) is 0 Å². The van der Waals surface area contributed by atoms with Crippen molar-refractivity contribution >= 4 is 27.3 Å². The molecule has 5 nitrogen and oxygen atoms in total. The van der Waals surface area contributed by atoms with Crippen LogP contribution in [0, 0.1) is 12.3 Å². The minimum atomic E-state index is -3.72. The summed E-state index contributed by atoms with van der Waals surface area (Å²) in [5, 5.41) is 0. The summed E-state index contributed by atoms with van der Waals surface area (Å²) in [6, 6.07) is 14.3. The highest BCUT2D eigenvalue weighted by Crippen LogP contribution is 2.50. The first kappa shape index (κ1) is 19.6. The van der Waals surface area contributed by atoms with Gasteiger partial charge in [0.1, 0.15) is 0 Å². The molecule has 29 heavy (non-hydrogen) atoms. The first-order chi connectivity index (χ1) is 13.6. The number of rotatable bonds is 3. The van der Waals surface area contributed by atoms with Crippen molar-refractivity contribution < 1.29 is 18.0 Å². The predicted octanol–water partition coefficient (Wildman–Crippen LogP) is 3.52. The smallest absolute Gasteiger partial charge is 0.244 e. The molecule has 0 fully saturated rings. The van der Waals surface area contributed by atoms with Gasteiger partial charge in [-0.05, 0) is 50.0 Å². The Bertz CT molecular complexity index is 1160. The van der Waals surface area contributed by atoms with Gasteiger partial charge in [0.25, 0.3) is 0 Å². The summed E-state index contributed by atoms with van der Waals surface area (Å²) in [6.07, 6.45) is 1.27. The molecular formula is C23H23NO4S. The maximum atomic E-state index is 13.4. The molecule has 1 aliphatic heterocycles. The number of imide groups is 1. The van der Waals surface area contributed by atoms with Gasteiger partial charge >= 0.3 is 0 Å². The molecule has 150 valence electrons. The SMILES string of the molecule is CC(=O)N1C(=O)C(C)(CS(=O)(=O)c2ccc(C)cc2)C2=C1c1ccccc1CC2. The van der Waals surface area contributed by atoms with Crippen LogP contribution in [0.1, 0.15) is 37.0 Å². The largest absolute Gasteiger partial charge is 0.274 e. The lowest BCUT2D eigenvalue weighted by atomic mass is 9.78. The maximum absolute atomic E-state index is 13.4. The Hall–Kier alpha value is -2.73.